The van der Waals surface area contributed by atoms with Crippen LogP contribution < -0.4 is 4.90 Å². The van der Waals surface area contributed by atoms with E-state index in [1.54, 1.807) is 34.8 Å². The Morgan fingerprint density at radius 3 is 2.44 bits per heavy atom. The van der Waals surface area contributed by atoms with Crippen LogP contribution >= 0.6 is 0 Å². The summed E-state index contributed by atoms with van der Waals surface area (Å²) in [7, 11) is 0. The molecule has 1 fully saturated rings. The van der Waals surface area contributed by atoms with Gasteiger partial charge in [-0.3, -0.25) is 4.79 Å². The molecule has 1 saturated heterocycles. The quantitative estimate of drug-likeness (QED) is 0.710. The van der Waals surface area contributed by atoms with Crippen LogP contribution in [0.5, 0.6) is 0 Å². The number of carbonyl (C=O) groups is 1. The van der Waals surface area contributed by atoms with Crippen LogP contribution in [0.15, 0.2) is 48.7 Å². The summed E-state index contributed by atoms with van der Waals surface area (Å²) >= 11 is 0. The summed E-state index contributed by atoms with van der Waals surface area (Å²) in [6, 6.07) is 11.7. The maximum Gasteiger partial charge on any atom is 0.293 e. The highest BCUT2D eigenvalue weighted by Gasteiger charge is 2.26. The lowest BCUT2D eigenvalue weighted by atomic mass is 10.3. The van der Waals surface area contributed by atoms with Crippen molar-refractivity contribution in [3.05, 3.63) is 66.1 Å². The molecule has 1 aromatic carbocycles. The second-order valence-corrected chi connectivity index (χ2v) is 6.34. The zero-order chi connectivity index (χ0) is 18.8. The van der Waals surface area contributed by atoms with Crippen molar-refractivity contribution in [3.8, 4) is 5.69 Å². The van der Waals surface area contributed by atoms with Gasteiger partial charge in [0.05, 0.1) is 5.69 Å². The fourth-order valence-electron chi connectivity index (χ4n) is 3.13. The molecule has 3 aromatic rings. The molecule has 0 N–H and O–H groups in total. The zero-order valence-corrected chi connectivity index (χ0v) is 14.9. The summed E-state index contributed by atoms with van der Waals surface area (Å²) in [5, 5.41) is 4.33. The molecule has 27 heavy (non-hydrogen) atoms. The number of nitrogens with zero attached hydrogens (tertiary/aromatic N) is 6. The third-order valence-electron chi connectivity index (χ3n) is 4.57. The molecule has 1 aliphatic rings. The number of hydrogen-bond acceptors (Lipinski definition) is 5. The van der Waals surface area contributed by atoms with Crippen molar-refractivity contribution in [2.75, 3.05) is 31.1 Å². The number of halogens is 1. The van der Waals surface area contributed by atoms with Crippen LogP contribution in [0.25, 0.3) is 5.69 Å². The molecule has 3 heterocycles. The van der Waals surface area contributed by atoms with Gasteiger partial charge in [-0.1, -0.05) is 6.07 Å². The van der Waals surface area contributed by atoms with Gasteiger partial charge < -0.3 is 9.80 Å². The average molecular weight is 366 g/mol. The molecular weight excluding hydrogens is 347 g/mol. The molecule has 2 aromatic heterocycles. The molecule has 0 spiro atoms. The first kappa shape index (κ1) is 17.1. The summed E-state index contributed by atoms with van der Waals surface area (Å²) < 4.78 is 14.7. The van der Waals surface area contributed by atoms with Crippen molar-refractivity contribution in [2.45, 2.75) is 6.92 Å². The Balaban J connectivity index is 1.46. The number of anilines is 1. The minimum atomic E-state index is -0.321. The lowest BCUT2D eigenvalue weighted by Crippen LogP contribution is -2.49. The van der Waals surface area contributed by atoms with Gasteiger partial charge in [0.2, 0.25) is 5.82 Å². The van der Waals surface area contributed by atoms with Gasteiger partial charge in [-0.2, -0.15) is 0 Å². The van der Waals surface area contributed by atoms with Crippen LogP contribution in [0.4, 0.5) is 10.2 Å². The number of amides is 1. The fraction of sp³-hybridized carbons (Fsp3) is 0.263. The van der Waals surface area contributed by atoms with Crippen molar-refractivity contribution in [3.63, 3.8) is 0 Å². The zero-order valence-electron chi connectivity index (χ0n) is 14.9. The number of pyridine rings is 1. The van der Waals surface area contributed by atoms with E-state index in [9.17, 15) is 9.18 Å². The SMILES string of the molecule is Cc1nc(C(=O)N2CCN(c3ccccn3)CC2)nn1-c1ccc(F)cc1. The number of rotatable bonds is 3. The van der Waals surface area contributed by atoms with Crippen molar-refractivity contribution < 1.29 is 9.18 Å². The highest BCUT2D eigenvalue weighted by atomic mass is 19.1. The first-order valence-electron chi connectivity index (χ1n) is 8.77. The summed E-state index contributed by atoms with van der Waals surface area (Å²) in [5.74, 6) is 1.14. The molecule has 1 aliphatic heterocycles. The summed E-state index contributed by atoms with van der Waals surface area (Å²) in [5.41, 5.74) is 0.667. The number of carbonyl (C=O) groups excluding carboxylic acids is 1. The van der Waals surface area contributed by atoms with Gasteiger partial charge in [0, 0.05) is 32.4 Å². The minimum Gasteiger partial charge on any atom is -0.353 e. The van der Waals surface area contributed by atoms with Gasteiger partial charge in [0.25, 0.3) is 5.91 Å². The molecular formula is C19H19FN6O. The van der Waals surface area contributed by atoms with Crippen LogP contribution in [-0.4, -0.2) is 56.7 Å². The van der Waals surface area contributed by atoms with E-state index in [0.29, 0.717) is 37.7 Å². The predicted molar refractivity (Wildman–Crippen MR) is 98.4 cm³/mol. The Hall–Kier alpha value is -3.29. The summed E-state index contributed by atoms with van der Waals surface area (Å²) in [6.07, 6.45) is 1.77. The molecule has 8 heteroatoms. The van der Waals surface area contributed by atoms with Gasteiger partial charge in [-0.05, 0) is 43.3 Å². The molecule has 0 aliphatic carbocycles. The van der Waals surface area contributed by atoms with Gasteiger partial charge >= 0.3 is 0 Å². The minimum absolute atomic E-state index is 0.156. The Morgan fingerprint density at radius 2 is 1.78 bits per heavy atom. The second kappa shape index (κ2) is 7.14. The first-order chi connectivity index (χ1) is 13.1. The topological polar surface area (TPSA) is 67.2 Å². The van der Waals surface area contributed by atoms with Crippen LogP contribution in [0, 0.1) is 12.7 Å². The predicted octanol–water partition coefficient (Wildman–Crippen LogP) is 2.07. The molecule has 7 nitrogen and oxygen atoms in total. The lowest BCUT2D eigenvalue weighted by Gasteiger charge is -2.34. The third-order valence-corrected chi connectivity index (χ3v) is 4.57. The van der Waals surface area contributed by atoms with Gasteiger partial charge in [0.15, 0.2) is 0 Å². The van der Waals surface area contributed by atoms with E-state index in [1.807, 2.05) is 18.2 Å². The largest absolute Gasteiger partial charge is 0.353 e. The van der Waals surface area contributed by atoms with E-state index in [2.05, 4.69) is 20.0 Å². The van der Waals surface area contributed by atoms with E-state index in [4.69, 9.17) is 0 Å². The Labute approximate surface area is 156 Å². The molecule has 0 bridgehead atoms. The van der Waals surface area contributed by atoms with Crippen molar-refractivity contribution >= 4 is 11.7 Å². The standard InChI is InChI=1S/C19H19FN6O/c1-14-22-18(23-26(14)16-7-5-15(20)6-8-16)19(27)25-12-10-24(11-13-25)17-4-2-3-9-21-17/h2-9H,10-13H2,1H3. The molecule has 0 saturated carbocycles. The molecule has 1 amide bonds. The lowest BCUT2D eigenvalue weighted by molar-refractivity contribution is 0.0734. The van der Waals surface area contributed by atoms with Gasteiger partial charge in [-0.25, -0.2) is 19.0 Å². The van der Waals surface area contributed by atoms with E-state index in [0.717, 1.165) is 5.82 Å². The number of benzene rings is 1. The smallest absolute Gasteiger partial charge is 0.293 e. The van der Waals surface area contributed by atoms with Gasteiger partial charge in [-0.15, -0.1) is 5.10 Å². The average Bonchev–Trinajstić information content (AvgIpc) is 3.10. The number of piperazine rings is 1. The summed E-state index contributed by atoms with van der Waals surface area (Å²) in [6.45, 7) is 4.35. The van der Waals surface area contributed by atoms with E-state index < -0.39 is 0 Å². The van der Waals surface area contributed by atoms with E-state index >= 15 is 0 Å². The normalized spacial score (nSPS) is 14.4. The summed E-state index contributed by atoms with van der Waals surface area (Å²) in [4.78, 5) is 25.3. The number of aromatic nitrogens is 4. The monoisotopic (exact) mass is 366 g/mol. The fourth-order valence-corrected chi connectivity index (χ4v) is 3.13. The Kier molecular flexibility index (Phi) is 4.53. The maximum atomic E-state index is 13.1. The Bertz CT molecular complexity index is 933. The van der Waals surface area contributed by atoms with Crippen LogP contribution in [-0.2, 0) is 0 Å². The van der Waals surface area contributed by atoms with Crippen LogP contribution in [0.2, 0.25) is 0 Å². The highest BCUT2D eigenvalue weighted by Crippen LogP contribution is 2.15. The highest BCUT2D eigenvalue weighted by molar-refractivity contribution is 5.90. The van der Waals surface area contributed by atoms with E-state index in [-0.39, 0.29) is 17.5 Å². The second-order valence-electron chi connectivity index (χ2n) is 6.34. The number of hydrogen-bond donors (Lipinski definition) is 0. The Morgan fingerprint density at radius 1 is 1.04 bits per heavy atom. The van der Waals surface area contributed by atoms with Crippen LogP contribution in [0.3, 0.4) is 0 Å². The maximum absolute atomic E-state index is 13.1. The molecule has 4 rings (SSSR count). The first-order valence-corrected chi connectivity index (χ1v) is 8.77. The molecule has 138 valence electrons. The van der Waals surface area contributed by atoms with Crippen molar-refractivity contribution in [2.24, 2.45) is 0 Å². The van der Waals surface area contributed by atoms with E-state index in [1.165, 1.54) is 12.1 Å². The van der Waals surface area contributed by atoms with Gasteiger partial charge in [0.1, 0.15) is 17.5 Å². The van der Waals surface area contributed by atoms with Crippen LogP contribution in [0.1, 0.15) is 16.4 Å². The van der Waals surface area contributed by atoms with Crippen molar-refractivity contribution in [1.82, 2.24) is 24.6 Å². The molecule has 0 atom stereocenters. The number of aryl methyl sites for hydroxylation is 1. The third kappa shape index (κ3) is 3.51. The molecule has 0 radical (unpaired) electrons. The molecule has 0 unspecified atom stereocenters. The van der Waals surface area contributed by atoms with Crippen molar-refractivity contribution in [1.29, 1.82) is 0 Å².